The van der Waals surface area contributed by atoms with Gasteiger partial charge in [0.15, 0.2) is 0 Å². The Bertz CT molecular complexity index is 285. The monoisotopic (exact) mass is 243 g/mol. The number of carbonyl (C=O) groups is 1. The Balaban J connectivity index is 0. The molecule has 0 amide bonds. The average Bonchev–Trinajstić information content (AvgIpc) is 2.82. The number of hydrogen-bond donors (Lipinski definition) is 0. The van der Waals surface area contributed by atoms with Gasteiger partial charge >= 0.3 is 5.97 Å². The van der Waals surface area contributed by atoms with Crippen LogP contribution in [0.3, 0.4) is 0 Å². The zero-order chi connectivity index (χ0) is 13.7. The second kappa shape index (κ2) is 12.7. The zero-order valence-electron chi connectivity index (χ0n) is 11.9. The van der Waals surface area contributed by atoms with Crippen molar-refractivity contribution in [2.75, 3.05) is 6.61 Å². The molecule has 0 aromatic carbocycles. The van der Waals surface area contributed by atoms with Gasteiger partial charge in [-0.05, 0) is 6.42 Å². The standard InChI is InChI=1S/C8H13N3O2.2C2H6/c1-3-8-6-11(10-9-8)4-5-13-7(2)12;2*1-2/h6H,3-5H2,1-2H3;2*1-2H3. The molecule has 0 aliphatic heterocycles. The highest BCUT2D eigenvalue weighted by Crippen LogP contribution is 1.93. The van der Waals surface area contributed by atoms with Crippen LogP contribution in [-0.4, -0.2) is 27.6 Å². The van der Waals surface area contributed by atoms with Crippen molar-refractivity contribution in [1.29, 1.82) is 0 Å². The molecule has 1 rings (SSSR count). The van der Waals surface area contributed by atoms with Crippen LogP contribution in [0.25, 0.3) is 0 Å². The van der Waals surface area contributed by atoms with Crippen molar-refractivity contribution in [2.24, 2.45) is 0 Å². The molecule has 0 unspecified atom stereocenters. The van der Waals surface area contributed by atoms with Crippen molar-refractivity contribution in [3.63, 3.8) is 0 Å². The topological polar surface area (TPSA) is 57.0 Å². The van der Waals surface area contributed by atoms with Gasteiger partial charge < -0.3 is 4.74 Å². The number of ether oxygens (including phenoxy) is 1. The highest BCUT2D eigenvalue weighted by molar-refractivity contribution is 5.65. The van der Waals surface area contributed by atoms with Crippen LogP contribution in [0.5, 0.6) is 0 Å². The first-order chi connectivity index (χ1) is 8.22. The van der Waals surface area contributed by atoms with Gasteiger partial charge in [-0.1, -0.05) is 39.8 Å². The molecule has 1 aromatic rings. The molecule has 0 bridgehead atoms. The van der Waals surface area contributed by atoms with E-state index in [1.54, 1.807) is 4.68 Å². The Labute approximate surface area is 104 Å². The molecule has 0 fully saturated rings. The predicted octanol–water partition coefficient (Wildman–Crippen LogP) is 2.46. The van der Waals surface area contributed by atoms with E-state index in [1.807, 2.05) is 40.8 Å². The molecule has 0 N–H and O–H groups in total. The molecule has 0 aliphatic rings. The molecule has 5 nitrogen and oxygen atoms in total. The van der Waals surface area contributed by atoms with E-state index >= 15 is 0 Å². The quantitative estimate of drug-likeness (QED) is 0.762. The van der Waals surface area contributed by atoms with Gasteiger partial charge in [-0.2, -0.15) is 0 Å². The van der Waals surface area contributed by atoms with Crippen molar-refractivity contribution >= 4 is 5.97 Å². The van der Waals surface area contributed by atoms with E-state index in [9.17, 15) is 4.79 Å². The fraction of sp³-hybridized carbons (Fsp3) is 0.750. The molecule has 0 atom stereocenters. The van der Waals surface area contributed by atoms with Crippen LogP contribution >= 0.6 is 0 Å². The van der Waals surface area contributed by atoms with Gasteiger partial charge in [-0.3, -0.25) is 4.79 Å². The lowest BCUT2D eigenvalue weighted by molar-refractivity contribution is -0.141. The minimum Gasteiger partial charge on any atom is -0.464 e. The van der Waals surface area contributed by atoms with Crippen molar-refractivity contribution in [3.8, 4) is 0 Å². The summed E-state index contributed by atoms with van der Waals surface area (Å²) in [7, 11) is 0. The Morgan fingerprint density at radius 1 is 1.35 bits per heavy atom. The summed E-state index contributed by atoms with van der Waals surface area (Å²) in [5, 5.41) is 7.76. The number of hydrogen-bond acceptors (Lipinski definition) is 4. The number of aryl methyl sites for hydroxylation is 1. The molecule has 0 aliphatic carbocycles. The van der Waals surface area contributed by atoms with Gasteiger partial charge in [0, 0.05) is 13.1 Å². The van der Waals surface area contributed by atoms with E-state index in [0.717, 1.165) is 12.1 Å². The molecule has 0 saturated carbocycles. The first-order valence-electron chi connectivity index (χ1n) is 6.24. The first-order valence-corrected chi connectivity index (χ1v) is 6.24. The van der Waals surface area contributed by atoms with Crippen LogP contribution in [0.15, 0.2) is 6.20 Å². The fourth-order valence-electron chi connectivity index (χ4n) is 0.893. The lowest BCUT2D eigenvalue weighted by atomic mass is 10.4. The first kappa shape index (κ1) is 18.0. The van der Waals surface area contributed by atoms with E-state index in [4.69, 9.17) is 4.74 Å². The molecule has 0 saturated heterocycles. The van der Waals surface area contributed by atoms with E-state index in [2.05, 4.69) is 10.3 Å². The van der Waals surface area contributed by atoms with Gasteiger partial charge in [0.2, 0.25) is 0 Å². The van der Waals surface area contributed by atoms with Gasteiger partial charge in [-0.25, -0.2) is 4.68 Å². The molecule has 1 heterocycles. The normalized spacial score (nSPS) is 8.35. The zero-order valence-corrected chi connectivity index (χ0v) is 11.9. The average molecular weight is 243 g/mol. The summed E-state index contributed by atoms with van der Waals surface area (Å²) in [5.41, 5.74) is 0.947. The van der Waals surface area contributed by atoms with E-state index in [0.29, 0.717) is 13.2 Å². The predicted molar refractivity (Wildman–Crippen MR) is 68.7 cm³/mol. The summed E-state index contributed by atoms with van der Waals surface area (Å²) in [4.78, 5) is 10.4. The lowest BCUT2D eigenvalue weighted by Gasteiger charge is -2.00. The van der Waals surface area contributed by atoms with E-state index in [1.165, 1.54) is 6.92 Å². The van der Waals surface area contributed by atoms with Crippen molar-refractivity contribution in [2.45, 2.75) is 54.5 Å². The van der Waals surface area contributed by atoms with Crippen LogP contribution in [0, 0.1) is 0 Å². The highest BCUT2D eigenvalue weighted by atomic mass is 16.5. The maximum absolute atomic E-state index is 10.4. The van der Waals surface area contributed by atoms with Crippen LogP contribution in [0.2, 0.25) is 0 Å². The second-order valence-corrected chi connectivity index (χ2v) is 2.67. The van der Waals surface area contributed by atoms with Gasteiger partial charge in [-0.15, -0.1) is 5.10 Å². The SMILES string of the molecule is CC.CC.CCc1cn(CCOC(C)=O)nn1. The van der Waals surface area contributed by atoms with E-state index < -0.39 is 0 Å². The summed E-state index contributed by atoms with van der Waals surface area (Å²) in [6.07, 6.45) is 2.72. The smallest absolute Gasteiger partial charge is 0.302 e. The summed E-state index contributed by atoms with van der Waals surface area (Å²) >= 11 is 0. The molecule has 1 aromatic heterocycles. The van der Waals surface area contributed by atoms with Gasteiger partial charge in [0.05, 0.1) is 12.2 Å². The number of carbonyl (C=O) groups excluding carboxylic acids is 1. The summed E-state index contributed by atoms with van der Waals surface area (Å²) < 4.78 is 6.43. The number of esters is 1. The minimum absolute atomic E-state index is 0.268. The lowest BCUT2D eigenvalue weighted by Crippen LogP contribution is -2.09. The third-order valence-corrected chi connectivity index (χ3v) is 1.57. The molecule has 0 radical (unpaired) electrons. The van der Waals surface area contributed by atoms with Crippen molar-refractivity contribution in [1.82, 2.24) is 15.0 Å². The Hall–Kier alpha value is -1.39. The Kier molecular flexibility index (Phi) is 13.4. The highest BCUT2D eigenvalue weighted by Gasteiger charge is 1.98. The van der Waals surface area contributed by atoms with Crippen molar-refractivity contribution < 1.29 is 9.53 Å². The maximum Gasteiger partial charge on any atom is 0.302 e. The molecule has 17 heavy (non-hydrogen) atoms. The Morgan fingerprint density at radius 2 is 1.94 bits per heavy atom. The largest absolute Gasteiger partial charge is 0.464 e. The van der Waals surface area contributed by atoms with Crippen LogP contribution in [0.1, 0.15) is 47.2 Å². The van der Waals surface area contributed by atoms with Crippen LogP contribution in [0.4, 0.5) is 0 Å². The van der Waals surface area contributed by atoms with Crippen molar-refractivity contribution in [3.05, 3.63) is 11.9 Å². The fourth-order valence-corrected chi connectivity index (χ4v) is 0.893. The molecular weight excluding hydrogens is 218 g/mol. The van der Waals surface area contributed by atoms with Gasteiger partial charge in [0.1, 0.15) is 6.61 Å². The number of aromatic nitrogens is 3. The number of rotatable bonds is 4. The third kappa shape index (κ3) is 9.53. The minimum atomic E-state index is -0.268. The second-order valence-electron chi connectivity index (χ2n) is 2.67. The molecule has 0 spiro atoms. The summed E-state index contributed by atoms with van der Waals surface area (Å²) in [5.74, 6) is -0.268. The third-order valence-electron chi connectivity index (χ3n) is 1.57. The Morgan fingerprint density at radius 3 is 2.35 bits per heavy atom. The summed E-state index contributed by atoms with van der Waals surface area (Å²) in [6.45, 7) is 12.3. The molecule has 5 heteroatoms. The van der Waals surface area contributed by atoms with E-state index in [-0.39, 0.29) is 5.97 Å². The van der Waals surface area contributed by atoms with Crippen LogP contribution < -0.4 is 0 Å². The molecular formula is C12H25N3O2. The molecule has 100 valence electrons. The van der Waals surface area contributed by atoms with Gasteiger partial charge in [0.25, 0.3) is 0 Å². The maximum atomic E-state index is 10.4. The summed E-state index contributed by atoms with van der Waals surface area (Å²) in [6, 6.07) is 0. The van der Waals surface area contributed by atoms with Crippen LogP contribution in [-0.2, 0) is 22.5 Å². The number of nitrogens with zero attached hydrogens (tertiary/aromatic N) is 3.